The summed E-state index contributed by atoms with van der Waals surface area (Å²) in [5, 5.41) is 11.8. The molecule has 3 rings (SSSR count). The van der Waals surface area contributed by atoms with Gasteiger partial charge < -0.3 is 15.1 Å². The Kier molecular flexibility index (Phi) is 4.90. The molecule has 1 heterocycles. The van der Waals surface area contributed by atoms with Crippen molar-refractivity contribution in [3.8, 4) is 6.07 Å². The van der Waals surface area contributed by atoms with Crippen LogP contribution in [0.5, 0.6) is 0 Å². The molecule has 5 nitrogen and oxygen atoms in total. The van der Waals surface area contributed by atoms with E-state index < -0.39 is 0 Å². The van der Waals surface area contributed by atoms with E-state index in [1.165, 1.54) is 16.8 Å². The third kappa shape index (κ3) is 3.74. The average molecular weight is 334 g/mol. The Labute approximate surface area is 148 Å². The van der Waals surface area contributed by atoms with Crippen LogP contribution in [0, 0.1) is 25.2 Å². The second kappa shape index (κ2) is 7.27. The van der Waals surface area contributed by atoms with E-state index in [1.807, 2.05) is 4.90 Å². The smallest absolute Gasteiger partial charge is 0.321 e. The molecule has 2 aromatic rings. The van der Waals surface area contributed by atoms with Gasteiger partial charge in [-0.25, -0.2) is 4.79 Å². The zero-order valence-electron chi connectivity index (χ0n) is 14.6. The number of hydrogen-bond donors (Lipinski definition) is 1. The van der Waals surface area contributed by atoms with E-state index in [0.29, 0.717) is 24.3 Å². The third-order valence-corrected chi connectivity index (χ3v) is 4.57. The monoisotopic (exact) mass is 334 g/mol. The van der Waals surface area contributed by atoms with Crippen molar-refractivity contribution in [2.24, 2.45) is 0 Å². The molecule has 128 valence electrons. The van der Waals surface area contributed by atoms with Crippen LogP contribution in [-0.4, -0.2) is 37.1 Å². The Morgan fingerprint density at radius 2 is 1.68 bits per heavy atom. The highest BCUT2D eigenvalue weighted by Crippen LogP contribution is 2.25. The first kappa shape index (κ1) is 16.8. The fourth-order valence-corrected chi connectivity index (χ4v) is 3.31. The fraction of sp³-hybridized carbons (Fsp3) is 0.300. The van der Waals surface area contributed by atoms with Gasteiger partial charge in [-0.2, -0.15) is 5.26 Å². The predicted molar refractivity (Wildman–Crippen MR) is 99.9 cm³/mol. The molecule has 0 aromatic heterocycles. The minimum absolute atomic E-state index is 0.115. The van der Waals surface area contributed by atoms with Crippen LogP contribution in [0.1, 0.15) is 16.7 Å². The van der Waals surface area contributed by atoms with Gasteiger partial charge >= 0.3 is 6.03 Å². The molecular formula is C20H22N4O. The molecule has 1 N–H and O–H groups in total. The summed E-state index contributed by atoms with van der Waals surface area (Å²) in [7, 11) is 0. The molecular weight excluding hydrogens is 312 g/mol. The summed E-state index contributed by atoms with van der Waals surface area (Å²) in [6, 6.07) is 15.3. The van der Waals surface area contributed by atoms with Crippen LogP contribution in [0.2, 0.25) is 0 Å². The number of nitrogens with zero attached hydrogens (tertiary/aromatic N) is 3. The maximum Gasteiger partial charge on any atom is 0.321 e. The number of nitrogens with one attached hydrogen (secondary N) is 1. The van der Waals surface area contributed by atoms with Gasteiger partial charge in [0.1, 0.15) is 0 Å². The highest BCUT2D eigenvalue weighted by atomic mass is 16.2. The van der Waals surface area contributed by atoms with Gasteiger partial charge in [0.25, 0.3) is 0 Å². The van der Waals surface area contributed by atoms with E-state index in [0.717, 1.165) is 13.1 Å². The number of benzene rings is 2. The number of amides is 2. The van der Waals surface area contributed by atoms with Crippen molar-refractivity contribution in [3.05, 3.63) is 59.2 Å². The Morgan fingerprint density at radius 1 is 1.04 bits per heavy atom. The van der Waals surface area contributed by atoms with E-state index in [9.17, 15) is 4.79 Å². The zero-order valence-corrected chi connectivity index (χ0v) is 14.6. The topological polar surface area (TPSA) is 59.4 Å². The number of para-hydroxylation sites is 1. The van der Waals surface area contributed by atoms with Crippen molar-refractivity contribution in [3.63, 3.8) is 0 Å². The minimum atomic E-state index is -0.115. The lowest BCUT2D eigenvalue weighted by atomic mass is 10.1. The van der Waals surface area contributed by atoms with Gasteiger partial charge in [0.2, 0.25) is 0 Å². The standard InChI is InChI=1S/C20H22N4O/c1-15-5-3-6-16(2)19(15)23-9-11-24(12-10-23)20(25)22-18-8-4-7-17(13-18)14-21/h3-8,13H,9-12H2,1-2H3,(H,22,25). The summed E-state index contributed by atoms with van der Waals surface area (Å²) in [4.78, 5) is 16.6. The van der Waals surface area contributed by atoms with Crippen LogP contribution in [0.3, 0.4) is 0 Å². The molecule has 0 aliphatic carbocycles. The number of carbonyl (C=O) groups is 1. The van der Waals surface area contributed by atoms with E-state index in [-0.39, 0.29) is 6.03 Å². The number of nitriles is 1. The van der Waals surface area contributed by atoms with Gasteiger partial charge in [0, 0.05) is 37.6 Å². The normalized spacial score (nSPS) is 14.1. The molecule has 0 unspecified atom stereocenters. The van der Waals surface area contributed by atoms with E-state index >= 15 is 0 Å². The average Bonchev–Trinajstić information content (AvgIpc) is 2.62. The SMILES string of the molecule is Cc1cccc(C)c1N1CCN(C(=O)Nc2cccc(C#N)c2)CC1. The Hall–Kier alpha value is -3.00. The Balaban J connectivity index is 1.62. The summed E-state index contributed by atoms with van der Waals surface area (Å²) < 4.78 is 0. The first-order valence-electron chi connectivity index (χ1n) is 8.46. The van der Waals surface area contributed by atoms with Crippen molar-refractivity contribution >= 4 is 17.4 Å². The summed E-state index contributed by atoms with van der Waals surface area (Å²) in [6.45, 7) is 7.25. The van der Waals surface area contributed by atoms with Crippen LogP contribution in [0.15, 0.2) is 42.5 Å². The van der Waals surface area contributed by atoms with Crippen molar-refractivity contribution in [1.29, 1.82) is 5.26 Å². The molecule has 0 spiro atoms. The number of piperazine rings is 1. The third-order valence-electron chi connectivity index (χ3n) is 4.57. The van der Waals surface area contributed by atoms with Gasteiger partial charge in [-0.05, 0) is 43.2 Å². The van der Waals surface area contributed by atoms with Crippen molar-refractivity contribution in [2.45, 2.75) is 13.8 Å². The molecule has 0 radical (unpaired) electrons. The Bertz CT molecular complexity index is 796. The van der Waals surface area contributed by atoms with Gasteiger partial charge in [-0.1, -0.05) is 24.3 Å². The number of hydrogen-bond acceptors (Lipinski definition) is 3. The van der Waals surface area contributed by atoms with Gasteiger partial charge in [0.05, 0.1) is 11.6 Å². The molecule has 2 amide bonds. The lowest BCUT2D eigenvalue weighted by Crippen LogP contribution is -2.50. The van der Waals surface area contributed by atoms with Crippen molar-refractivity contribution < 1.29 is 4.79 Å². The quantitative estimate of drug-likeness (QED) is 0.914. The molecule has 5 heteroatoms. The lowest BCUT2D eigenvalue weighted by Gasteiger charge is -2.37. The summed E-state index contributed by atoms with van der Waals surface area (Å²) in [6.07, 6.45) is 0. The van der Waals surface area contributed by atoms with Crippen LogP contribution in [0.25, 0.3) is 0 Å². The molecule has 25 heavy (non-hydrogen) atoms. The fourth-order valence-electron chi connectivity index (χ4n) is 3.31. The summed E-state index contributed by atoms with van der Waals surface area (Å²) in [5.41, 5.74) is 5.01. The highest BCUT2D eigenvalue weighted by molar-refractivity contribution is 5.89. The molecule has 0 bridgehead atoms. The molecule has 0 saturated carbocycles. The molecule has 1 saturated heterocycles. The zero-order chi connectivity index (χ0) is 17.8. The van der Waals surface area contributed by atoms with Crippen LogP contribution in [0.4, 0.5) is 16.2 Å². The van der Waals surface area contributed by atoms with Crippen LogP contribution >= 0.6 is 0 Å². The maximum absolute atomic E-state index is 12.5. The minimum Gasteiger partial charge on any atom is -0.368 e. The Morgan fingerprint density at radius 3 is 2.32 bits per heavy atom. The molecule has 0 atom stereocenters. The second-order valence-electron chi connectivity index (χ2n) is 6.34. The molecule has 2 aromatic carbocycles. The number of urea groups is 1. The maximum atomic E-state index is 12.5. The van der Waals surface area contributed by atoms with E-state index in [2.05, 4.69) is 48.3 Å². The number of carbonyl (C=O) groups excluding carboxylic acids is 1. The number of anilines is 2. The van der Waals surface area contributed by atoms with Gasteiger partial charge in [-0.3, -0.25) is 0 Å². The van der Waals surface area contributed by atoms with E-state index in [4.69, 9.17) is 5.26 Å². The summed E-state index contributed by atoms with van der Waals surface area (Å²) in [5.74, 6) is 0. The van der Waals surface area contributed by atoms with Crippen molar-refractivity contribution in [1.82, 2.24) is 4.90 Å². The van der Waals surface area contributed by atoms with Gasteiger partial charge in [-0.15, -0.1) is 0 Å². The first-order valence-corrected chi connectivity index (χ1v) is 8.46. The van der Waals surface area contributed by atoms with E-state index in [1.54, 1.807) is 24.3 Å². The highest BCUT2D eigenvalue weighted by Gasteiger charge is 2.23. The predicted octanol–water partition coefficient (Wildman–Crippen LogP) is 3.53. The van der Waals surface area contributed by atoms with Crippen LogP contribution in [-0.2, 0) is 0 Å². The first-order chi connectivity index (χ1) is 12.1. The lowest BCUT2D eigenvalue weighted by molar-refractivity contribution is 0.208. The van der Waals surface area contributed by atoms with Crippen LogP contribution < -0.4 is 10.2 Å². The molecule has 1 aliphatic heterocycles. The van der Waals surface area contributed by atoms with Gasteiger partial charge in [0.15, 0.2) is 0 Å². The largest absolute Gasteiger partial charge is 0.368 e. The number of aryl methyl sites for hydroxylation is 2. The molecule has 1 fully saturated rings. The number of rotatable bonds is 2. The van der Waals surface area contributed by atoms with Crippen molar-refractivity contribution in [2.75, 3.05) is 36.4 Å². The second-order valence-corrected chi connectivity index (χ2v) is 6.34. The molecule has 1 aliphatic rings. The summed E-state index contributed by atoms with van der Waals surface area (Å²) >= 11 is 0.